The monoisotopic (exact) mass is 619 g/mol. The number of carbonyl (C=O) groups excluding carboxylic acids is 2. The van der Waals surface area contributed by atoms with Crippen molar-refractivity contribution in [3.8, 4) is 11.5 Å². The fourth-order valence-corrected chi connectivity index (χ4v) is 6.77. The fraction of sp³-hybridized carbons (Fsp3) is 0.138. The highest BCUT2D eigenvalue weighted by molar-refractivity contribution is 8.00. The number of Topliss-reactive ketones (excluding diaryl/α,β-unsaturated/α-hetero) is 1. The average molecular weight is 620 g/mol. The molecule has 2 N–H and O–H groups in total. The number of nitrogens with zero attached hydrogens (tertiary/aromatic N) is 5. The number of ketones is 1. The van der Waals surface area contributed by atoms with E-state index in [0.29, 0.717) is 32.0 Å². The van der Waals surface area contributed by atoms with Gasteiger partial charge < -0.3 is 14.9 Å². The second-order valence-electron chi connectivity index (χ2n) is 9.34. The second-order valence-corrected chi connectivity index (χ2v) is 12.0. The van der Waals surface area contributed by atoms with E-state index in [1.165, 1.54) is 35.9 Å². The predicted molar refractivity (Wildman–Crippen MR) is 160 cm³/mol. The molecule has 2 aromatic carbocycles. The first-order valence-corrected chi connectivity index (χ1v) is 14.8. The van der Waals surface area contributed by atoms with Gasteiger partial charge in [-0.15, -0.1) is 10.2 Å². The van der Waals surface area contributed by atoms with Crippen LogP contribution in [-0.2, 0) is 15.3 Å². The summed E-state index contributed by atoms with van der Waals surface area (Å²) in [5, 5.41) is 31.2. The largest absolute Gasteiger partial charge is 0.505 e. The molecule has 1 aliphatic heterocycles. The third-order valence-corrected chi connectivity index (χ3v) is 9.15. The molecule has 0 aliphatic carbocycles. The third kappa shape index (κ3) is 4.87. The van der Waals surface area contributed by atoms with Crippen LogP contribution in [0.2, 0.25) is 5.02 Å². The zero-order chi connectivity index (χ0) is 29.5. The first kappa shape index (κ1) is 27.8. The number of aryl methyl sites for hydroxylation is 1. The van der Waals surface area contributed by atoms with Crippen molar-refractivity contribution >= 4 is 62.9 Å². The Hall–Kier alpha value is -4.39. The van der Waals surface area contributed by atoms with Crippen molar-refractivity contribution in [1.29, 1.82) is 0 Å². The smallest absolute Gasteiger partial charge is 0.301 e. The van der Waals surface area contributed by atoms with Crippen LogP contribution in [0.5, 0.6) is 11.5 Å². The molecule has 0 saturated carbocycles. The Labute approximate surface area is 252 Å². The zero-order valence-electron chi connectivity index (χ0n) is 22.2. The minimum atomic E-state index is -1.09. The normalized spacial score (nSPS) is 16.5. The summed E-state index contributed by atoms with van der Waals surface area (Å²) in [6, 6.07) is 16.2. The first-order valence-electron chi connectivity index (χ1n) is 12.6. The highest BCUT2D eigenvalue weighted by Crippen LogP contribution is 2.45. The molecule has 6 rings (SSSR count). The molecule has 1 fully saturated rings. The summed E-state index contributed by atoms with van der Waals surface area (Å²) in [5.41, 5.74) is 2.63. The lowest BCUT2D eigenvalue weighted by Gasteiger charge is -2.23. The molecule has 4 heterocycles. The number of rotatable bonds is 7. The molecular weight excluding hydrogens is 598 g/mol. The molecule has 1 amide bonds. The van der Waals surface area contributed by atoms with Gasteiger partial charge in [-0.2, -0.15) is 0 Å². The van der Waals surface area contributed by atoms with Crippen LogP contribution in [0.15, 0.2) is 76.8 Å². The second kappa shape index (κ2) is 11.1. The number of thioether (sulfide) groups is 1. The number of benzene rings is 2. The van der Waals surface area contributed by atoms with Gasteiger partial charge in [0.25, 0.3) is 5.78 Å². The van der Waals surface area contributed by atoms with Crippen molar-refractivity contribution in [2.75, 3.05) is 12.0 Å². The first-order chi connectivity index (χ1) is 20.3. The maximum absolute atomic E-state index is 13.6. The number of fused-ring (bicyclic) bond motifs is 1. The number of phenols is 1. The van der Waals surface area contributed by atoms with Crippen molar-refractivity contribution in [2.45, 2.75) is 23.1 Å². The Balaban J connectivity index is 1.46. The average Bonchev–Trinajstić information content (AvgIpc) is 3.66. The van der Waals surface area contributed by atoms with Crippen LogP contribution >= 0.6 is 34.7 Å². The number of hydrogen-bond acceptors (Lipinski definition) is 10. The minimum absolute atomic E-state index is 0.118. The van der Waals surface area contributed by atoms with Gasteiger partial charge >= 0.3 is 5.91 Å². The van der Waals surface area contributed by atoms with E-state index < -0.39 is 17.7 Å². The molecule has 42 heavy (non-hydrogen) atoms. The number of aliphatic hydroxyl groups is 1. The summed E-state index contributed by atoms with van der Waals surface area (Å²) in [6.07, 6.45) is 1.72. The van der Waals surface area contributed by atoms with E-state index in [1.807, 2.05) is 18.2 Å². The third-order valence-electron chi connectivity index (χ3n) is 6.77. The number of amides is 1. The molecule has 0 bridgehead atoms. The number of aromatic hydroxyl groups is 1. The topological polar surface area (TPSA) is 130 Å². The van der Waals surface area contributed by atoms with E-state index in [2.05, 4.69) is 15.2 Å². The van der Waals surface area contributed by atoms with Gasteiger partial charge in [-0.25, -0.2) is 4.98 Å². The SMILES string of the molecule is COc1cc(C2C(=C(O)c3c(C)nc4ccccn34)C(=O)C(=O)N2c2nnc(SCc3ccc(Cl)cc3)s2)ccc1O. The van der Waals surface area contributed by atoms with Crippen LogP contribution in [0, 0.1) is 6.92 Å². The van der Waals surface area contributed by atoms with Crippen LogP contribution in [0.1, 0.15) is 28.6 Å². The Morgan fingerprint density at radius 2 is 1.90 bits per heavy atom. The van der Waals surface area contributed by atoms with Crippen LogP contribution in [0.4, 0.5) is 5.13 Å². The van der Waals surface area contributed by atoms with Crippen molar-refractivity contribution in [2.24, 2.45) is 0 Å². The highest BCUT2D eigenvalue weighted by Gasteiger charge is 2.49. The number of halogens is 1. The Morgan fingerprint density at radius 1 is 1.12 bits per heavy atom. The number of anilines is 1. The van der Waals surface area contributed by atoms with Crippen molar-refractivity contribution in [3.05, 3.63) is 100.0 Å². The number of carbonyl (C=O) groups is 2. The number of phenolic OH excluding ortho intramolecular Hbond substituents is 1. The standard InChI is InChI=1S/C29H22ClN5O5S2/c1-15-23(34-12-4-3-5-21(34)31-15)25(37)22-24(17-8-11-19(36)20(13-17)40-2)35(27(39)26(22)38)28-32-33-29(42-28)41-14-16-6-9-18(30)10-7-16/h3-13,24,36-37H,14H2,1-2H3. The molecular formula is C29H22ClN5O5S2. The number of hydrogen-bond donors (Lipinski definition) is 2. The maximum atomic E-state index is 13.6. The lowest BCUT2D eigenvalue weighted by molar-refractivity contribution is -0.132. The molecule has 0 radical (unpaired) electrons. The zero-order valence-corrected chi connectivity index (χ0v) is 24.6. The summed E-state index contributed by atoms with van der Waals surface area (Å²) in [6.45, 7) is 1.71. The molecule has 212 valence electrons. The lowest BCUT2D eigenvalue weighted by Crippen LogP contribution is -2.29. The van der Waals surface area contributed by atoms with E-state index in [-0.39, 0.29) is 33.7 Å². The molecule has 10 nitrogen and oxygen atoms in total. The summed E-state index contributed by atoms with van der Waals surface area (Å²) in [4.78, 5) is 33.0. The predicted octanol–water partition coefficient (Wildman–Crippen LogP) is 5.78. The van der Waals surface area contributed by atoms with Crippen LogP contribution < -0.4 is 9.64 Å². The van der Waals surface area contributed by atoms with Crippen LogP contribution in [-0.4, -0.2) is 48.6 Å². The number of imidazole rings is 1. The van der Waals surface area contributed by atoms with E-state index >= 15 is 0 Å². The van der Waals surface area contributed by atoms with Gasteiger partial charge in [-0.05, 0) is 54.4 Å². The number of aromatic nitrogens is 4. The fourth-order valence-electron chi connectivity index (χ4n) is 4.82. The van der Waals surface area contributed by atoms with Gasteiger partial charge in [0.15, 0.2) is 21.6 Å². The Bertz CT molecular complexity index is 1890. The van der Waals surface area contributed by atoms with Gasteiger partial charge in [-0.3, -0.25) is 18.9 Å². The molecule has 3 aromatic heterocycles. The summed E-state index contributed by atoms with van der Waals surface area (Å²) < 4.78 is 7.54. The van der Waals surface area contributed by atoms with Crippen LogP contribution in [0.3, 0.4) is 0 Å². The number of methoxy groups -OCH3 is 1. The van der Waals surface area contributed by atoms with Crippen molar-refractivity contribution < 1.29 is 24.5 Å². The molecule has 5 aromatic rings. The summed E-state index contributed by atoms with van der Waals surface area (Å²) in [7, 11) is 1.40. The van der Waals surface area contributed by atoms with E-state index in [1.54, 1.807) is 47.9 Å². The van der Waals surface area contributed by atoms with Gasteiger partial charge in [0.1, 0.15) is 11.3 Å². The molecule has 1 atom stereocenters. The van der Waals surface area contributed by atoms with Gasteiger partial charge in [0.05, 0.1) is 24.4 Å². The molecule has 0 spiro atoms. The van der Waals surface area contributed by atoms with Crippen LogP contribution in [0.25, 0.3) is 11.4 Å². The molecule has 1 unspecified atom stereocenters. The number of pyridine rings is 1. The lowest BCUT2D eigenvalue weighted by atomic mass is 9.96. The number of ether oxygens (including phenoxy) is 1. The highest BCUT2D eigenvalue weighted by atomic mass is 35.5. The quantitative estimate of drug-likeness (QED) is 0.0765. The Morgan fingerprint density at radius 3 is 2.67 bits per heavy atom. The Kier molecular flexibility index (Phi) is 7.35. The van der Waals surface area contributed by atoms with Gasteiger partial charge in [-0.1, -0.05) is 59.0 Å². The van der Waals surface area contributed by atoms with E-state index in [4.69, 9.17) is 16.3 Å². The van der Waals surface area contributed by atoms with Gasteiger partial charge in [0.2, 0.25) is 5.13 Å². The van der Waals surface area contributed by atoms with E-state index in [0.717, 1.165) is 16.9 Å². The van der Waals surface area contributed by atoms with E-state index in [9.17, 15) is 19.8 Å². The van der Waals surface area contributed by atoms with Crippen molar-refractivity contribution in [1.82, 2.24) is 19.6 Å². The number of aliphatic hydroxyl groups excluding tert-OH is 1. The maximum Gasteiger partial charge on any atom is 0.301 e. The summed E-state index contributed by atoms with van der Waals surface area (Å²) in [5.74, 6) is -1.53. The summed E-state index contributed by atoms with van der Waals surface area (Å²) >= 11 is 8.57. The van der Waals surface area contributed by atoms with Gasteiger partial charge in [0, 0.05) is 17.0 Å². The molecule has 1 saturated heterocycles. The molecule has 1 aliphatic rings. The minimum Gasteiger partial charge on any atom is -0.505 e. The molecule has 13 heteroatoms. The van der Waals surface area contributed by atoms with Crippen molar-refractivity contribution in [3.63, 3.8) is 0 Å².